The lowest BCUT2D eigenvalue weighted by molar-refractivity contribution is 0.315. The van der Waals surface area contributed by atoms with Crippen LogP contribution in [0.3, 0.4) is 0 Å². The quantitative estimate of drug-likeness (QED) is 0.860. The van der Waals surface area contributed by atoms with Crippen molar-refractivity contribution in [2.75, 3.05) is 13.2 Å². The molecule has 0 spiro atoms. The Kier molecular flexibility index (Phi) is 4.43. The first-order valence-electron chi connectivity index (χ1n) is 6.84. The Hall–Kier alpha value is -1.02. The van der Waals surface area contributed by atoms with Crippen molar-refractivity contribution < 1.29 is 4.74 Å². The average Bonchev–Trinajstić information content (AvgIpc) is 2.57. The second-order valence-electron chi connectivity index (χ2n) is 4.72. The molecular weight excluding hydrogens is 210 g/mol. The highest BCUT2D eigenvalue weighted by Crippen LogP contribution is 2.32. The number of hydrogen-bond acceptors (Lipinski definition) is 2. The molecule has 1 aliphatic heterocycles. The van der Waals surface area contributed by atoms with Gasteiger partial charge in [0.15, 0.2) is 0 Å². The SMILES string of the molecule is CCCNC1CCCOc2ccc(CC)cc21. The minimum atomic E-state index is 0.471. The standard InChI is InChI=1S/C15H23NO/c1-3-9-16-14-6-5-10-17-15-8-7-12(4-2)11-13(14)15/h7-8,11,14,16H,3-6,9-10H2,1-2H3. The van der Waals surface area contributed by atoms with E-state index in [1.807, 2.05) is 0 Å². The van der Waals surface area contributed by atoms with Crippen molar-refractivity contribution in [3.63, 3.8) is 0 Å². The lowest BCUT2D eigenvalue weighted by atomic mass is 9.99. The molecule has 2 nitrogen and oxygen atoms in total. The molecule has 0 amide bonds. The van der Waals surface area contributed by atoms with E-state index in [0.29, 0.717) is 6.04 Å². The van der Waals surface area contributed by atoms with E-state index in [-0.39, 0.29) is 0 Å². The first kappa shape index (κ1) is 12.4. The summed E-state index contributed by atoms with van der Waals surface area (Å²) in [6, 6.07) is 7.11. The maximum absolute atomic E-state index is 5.82. The van der Waals surface area contributed by atoms with E-state index in [2.05, 4.69) is 37.4 Å². The Morgan fingerprint density at radius 2 is 2.24 bits per heavy atom. The molecule has 1 unspecified atom stereocenters. The fourth-order valence-electron chi connectivity index (χ4n) is 2.38. The van der Waals surface area contributed by atoms with E-state index >= 15 is 0 Å². The Morgan fingerprint density at radius 3 is 3.00 bits per heavy atom. The minimum Gasteiger partial charge on any atom is -0.493 e. The smallest absolute Gasteiger partial charge is 0.124 e. The summed E-state index contributed by atoms with van der Waals surface area (Å²) in [5.41, 5.74) is 2.76. The zero-order valence-electron chi connectivity index (χ0n) is 11.0. The van der Waals surface area contributed by atoms with Crippen LogP contribution in [0, 0.1) is 0 Å². The van der Waals surface area contributed by atoms with Crippen LogP contribution in [0.5, 0.6) is 5.75 Å². The summed E-state index contributed by atoms with van der Waals surface area (Å²) in [4.78, 5) is 0. The zero-order valence-corrected chi connectivity index (χ0v) is 11.0. The Balaban J connectivity index is 2.25. The molecule has 0 radical (unpaired) electrons. The Labute approximate surface area is 104 Å². The molecule has 94 valence electrons. The van der Waals surface area contributed by atoms with Gasteiger partial charge in [0.2, 0.25) is 0 Å². The van der Waals surface area contributed by atoms with Crippen LogP contribution in [0.2, 0.25) is 0 Å². The molecule has 1 aromatic rings. The van der Waals surface area contributed by atoms with Gasteiger partial charge in [-0.2, -0.15) is 0 Å². The van der Waals surface area contributed by atoms with Gasteiger partial charge in [-0.05, 0) is 43.9 Å². The fraction of sp³-hybridized carbons (Fsp3) is 0.600. The number of ether oxygens (including phenoxy) is 1. The molecule has 1 aliphatic rings. The van der Waals surface area contributed by atoms with Gasteiger partial charge in [0, 0.05) is 11.6 Å². The van der Waals surface area contributed by atoms with Crippen molar-refractivity contribution >= 4 is 0 Å². The van der Waals surface area contributed by atoms with Gasteiger partial charge in [-0.15, -0.1) is 0 Å². The molecule has 1 aromatic carbocycles. The summed E-state index contributed by atoms with van der Waals surface area (Å²) >= 11 is 0. The van der Waals surface area contributed by atoms with Crippen LogP contribution in [0.4, 0.5) is 0 Å². The molecule has 0 saturated carbocycles. The second-order valence-corrected chi connectivity index (χ2v) is 4.72. The predicted molar refractivity (Wildman–Crippen MR) is 71.6 cm³/mol. The van der Waals surface area contributed by atoms with E-state index in [1.165, 1.54) is 24.0 Å². The van der Waals surface area contributed by atoms with Crippen LogP contribution in [0.25, 0.3) is 0 Å². The summed E-state index contributed by atoms with van der Waals surface area (Å²) in [5, 5.41) is 3.64. The summed E-state index contributed by atoms with van der Waals surface area (Å²) in [5.74, 6) is 1.08. The molecular formula is C15H23NO. The van der Waals surface area contributed by atoms with Crippen LogP contribution < -0.4 is 10.1 Å². The van der Waals surface area contributed by atoms with Gasteiger partial charge in [0.1, 0.15) is 5.75 Å². The van der Waals surface area contributed by atoms with Gasteiger partial charge in [-0.25, -0.2) is 0 Å². The number of rotatable bonds is 4. The maximum Gasteiger partial charge on any atom is 0.124 e. The van der Waals surface area contributed by atoms with E-state index in [9.17, 15) is 0 Å². The predicted octanol–water partition coefficient (Wildman–Crippen LogP) is 3.46. The van der Waals surface area contributed by atoms with Crippen molar-refractivity contribution in [1.82, 2.24) is 5.32 Å². The highest BCUT2D eigenvalue weighted by atomic mass is 16.5. The van der Waals surface area contributed by atoms with E-state index < -0.39 is 0 Å². The van der Waals surface area contributed by atoms with E-state index in [1.54, 1.807) is 0 Å². The van der Waals surface area contributed by atoms with Gasteiger partial charge < -0.3 is 10.1 Å². The van der Waals surface area contributed by atoms with Gasteiger partial charge in [-0.3, -0.25) is 0 Å². The third-order valence-corrected chi connectivity index (χ3v) is 3.39. The molecule has 0 fully saturated rings. The third-order valence-electron chi connectivity index (χ3n) is 3.39. The van der Waals surface area contributed by atoms with Crippen LogP contribution in [-0.2, 0) is 6.42 Å². The molecule has 1 heterocycles. The summed E-state index contributed by atoms with van der Waals surface area (Å²) in [6.07, 6.45) is 4.59. The lowest BCUT2D eigenvalue weighted by Crippen LogP contribution is -2.21. The maximum atomic E-state index is 5.82. The monoisotopic (exact) mass is 233 g/mol. The fourth-order valence-corrected chi connectivity index (χ4v) is 2.38. The molecule has 0 aliphatic carbocycles. The van der Waals surface area contributed by atoms with Crippen LogP contribution >= 0.6 is 0 Å². The van der Waals surface area contributed by atoms with Gasteiger partial charge in [0.05, 0.1) is 6.61 Å². The highest BCUT2D eigenvalue weighted by Gasteiger charge is 2.19. The van der Waals surface area contributed by atoms with Gasteiger partial charge >= 0.3 is 0 Å². The van der Waals surface area contributed by atoms with Crippen LogP contribution in [0.1, 0.15) is 50.3 Å². The highest BCUT2D eigenvalue weighted by molar-refractivity contribution is 5.40. The molecule has 0 bridgehead atoms. The number of fused-ring (bicyclic) bond motifs is 1. The second kappa shape index (κ2) is 6.06. The molecule has 2 heteroatoms. The summed E-state index contributed by atoms with van der Waals surface area (Å²) in [6.45, 7) is 6.35. The lowest BCUT2D eigenvalue weighted by Gasteiger charge is -2.18. The number of hydrogen-bond donors (Lipinski definition) is 1. The normalized spacial score (nSPS) is 19.3. The zero-order chi connectivity index (χ0) is 12.1. The number of nitrogens with one attached hydrogen (secondary N) is 1. The molecule has 2 rings (SSSR count). The van der Waals surface area contributed by atoms with Crippen LogP contribution in [-0.4, -0.2) is 13.2 Å². The largest absolute Gasteiger partial charge is 0.493 e. The first-order valence-corrected chi connectivity index (χ1v) is 6.84. The minimum absolute atomic E-state index is 0.471. The third kappa shape index (κ3) is 3.01. The number of benzene rings is 1. The van der Waals surface area contributed by atoms with Crippen molar-refractivity contribution in [3.05, 3.63) is 29.3 Å². The van der Waals surface area contributed by atoms with Gasteiger partial charge in [0.25, 0.3) is 0 Å². The van der Waals surface area contributed by atoms with Gasteiger partial charge in [-0.1, -0.05) is 26.0 Å². The van der Waals surface area contributed by atoms with Crippen LogP contribution in [0.15, 0.2) is 18.2 Å². The van der Waals surface area contributed by atoms with Crippen molar-refractivity contribution in [1.29, 1.82) is 0 Å². The number of aryl methyl sites for hydroxylation is 1. The van der Waals surface area contributed by atoms with Crippen molar-refractivity contribution in [2.45, 2.75) is 45.6 Å². The van der Waals surface area contributed by atoms with E-state index in [0.717, 1.165) is 31.7 Å². The average molecular weight is 233 g/mol. The topological polar surface area (TPSA) is 21.3 Å². The molecule has 0 aromatic heterocycles. The Bertz CT molecular complexity index is 362. The summed E-state index contributed by atoms with van der Waals surface area (Å²) < 4.78 is 5.82. The Morgan fingerprint density at radius 1 is 1.35 bits per heavy atom. The molecule has 0 saturated heterocycles. The summed E-state index contributed by atoms with van der Waals surface area (Å²) in [7, 11) is 0. The first-order chi connectivity index (χ1) is 8.35. The molecule has 1 N–H and O–H groups in total. The molecule has 17 heavy (non-hydrogen) atoms. The van der Waals surface area contributed by atoms with E-state index in [4.69, 9.17) is 4.74 Å². The molecule has 1 atom stereocenters. The van der Waals surface area contributed by atoms with Crippen molar-refractivity contribution in [2.24, 2.45) is 0 Å². The van der Waals surface area contributed by atoms with Crippen molar-refractivity contribution in [3.8, 4) is 5.75 Å².